The van der Waals surface area contributed by atoms with Crippen LogP contribution in [0, 0.1) is 0 Å². The average Bonchev–Trinajstić information content (AvgIpc) is 3.40. The maximum atomic E-state index is 13.4. The Bertz CT molecular complexity index is 1620. The highest BCUT2D eigenvalue weighted by atomic mass is 16.5. The molecule has 2 aliphatic rings. The molecule has 0 atom stereocenters. The molecule has 0 spiro atoms. The lowest BCUT2D eigenvalue weighted by atomic mass is 9.99. The summed E-state index contributed by atoms with van der Waals surface area (Å²) < 4.78 is 6.41. The highest BCUT2D eigenvalue weighted by Gasteiger charge is 2.26. The Kier molecular flexibility index (Phi) is 7.36. The largest absolute Gasteiger partial charge is 0.381 e. The highest BCUT2D eigenvalue weighted by molar-refractivity contribution is 6.15. The molecule has 206 valence electrons. The van der Waals surface area contributed by atoms with Crippen molar-refractivity contribution < 1.29 is 19.1 Å². The topological polar surface area (TPSA) is 114 Å². The molecular weight excluding hydrogens is 510 g/mol. The Morgan fingerprint density at radius 2 is 1.88 bits per heavy atom. The minimum absolute atomic E-state index is 0.00153. The first-order valence-corrected chi connectivity index (χ1v) is 13.1. The van der Waals surface area contributed by atoms with E-state index in [0.717, 1.165) is 33.4 Å². The third-order valence-electron chi connectivity index (χ3n) is 7.59. The molecule has 0 radical (unpaired) electrons. The second-order valence-corrected chi connectivity index (χ2v) is 10.0. The second-order valence-electron chi connectivity index (χ2n) is 10.0. The fourth-order valence-electron chi connectivity index (χ4n) is 5.30. The van der Waals surface area contributed by atoms with Gasteiger partial charge >= 0.3 is 0 Å². The van der Waals surface area contributed by atoms with Gasteiger partial charge < -0.3 is 19.9 Å². The Labute approximate surface area is 231 Å². The van der Waals surface area contributed by atoms with Crippen LogP contribution in [-0.2, 0) is 25.5 Å². The van der Waals surface area contributed by atoms with Crippen molar-refractivity contribution in [3.63, 3.8) is 0 Å². The number of carbonyl (C=O) groups is 3. The zero-order valence-corrected chi connectivity index (χ0v) is 22.6. The van der Waals surface area contributed by atoms with Crippen molar-refractivity contribution in [2.24, 2.45) is 0 Å². The lowest BCUT2D eigenvalue weighted by Crippen LogP contribution is -2.44. The number of rotatable bonds is 6. The number of carbonyl (C=O) groups excluding carboxylic acids is 3. The number of amides is 3. The number of anilines is 1. The lowest BCUT2D eigenvalue weighted by Gasteiger charge is -2.31. The van der Waals surface area contributed by atoms with Crippen LogP contribution in [0.3, 0.4) is 0 Å². The lowest BCUT2D eigenvalue weighted by molar-refractivity contribution is -0.131. The molecule has 40 heavy (non-hydrogen) atoms. The molecule has 1 aromatic heterocycles. The first-order valence-electron chi connectivity index (χ1n) is 13.1. The molecule has 0 aliphatic carbocycles. The SMILES string of the molecule is C=C(NC(=O)C(=C)n1cnc2c(-c3ccc4c(c3)CCN4C(C)=O)cccc2c1=O)C(=O)N(C)C1CCOCC1. The van der Waals surface area contributed by atoms with Gasteiger partial charge in [0.2, 0.25) is 5.91 Å². The van der Waals surface area contributed by atoms with Gasteiger partial charge in [-0.15, -0.1) is 0 Å². The van der Waals surface area contributed by atoms with Crippen LogP contribution in [0.5, 0.6) is 0 Å². The van der Waals surface area contributed by atoms with E-state index in [-0.39, 0.29) is 23.3 Å². The molecule has 2 aliphatic heterocycles. The van der Waals surface area contributed by atoms with Crippen LogP contribution in [-0.4, -0.2) is 65.0 Å². The molecular formula is C30H31N5O5. The first kappa shape index (κ1) is 27.0. The van der Waals surface area contributed by atoms with Crippen LogP contribution in [0.25, 0.3) is 27.7 Å². The summed E-state index contributed by atoms with van der Waals surface area (Å²) in [5.41, 5.74) is 3.31. The number of hydrogen-bond donors (Lipinski definition) is 1. The number of hydrogen-bond acceptors (Lipinski definition) is 6. The number of nitrogens with zero attached hydrogens (tertiary/aromatic N) is 4. The quantitative estimate of drug-likeness (QED) is 0.480. The summed E-state index contributed by atoms with van der Waals surface area (Å²) in [7, 11) is 1.67. The summed E-state index contributed by atoms with van der Waals surface area (Å²) in [6.07, 6.45) is 3.43. The monoisotopic (exact) mass is 541 g/mol. The van der Waals surface area contributed by atoms with Gasteiger partial charge in [0.05, 0.1) is 16.6 Å². The number of benzene rings is 2. The molecule has 1 saturated heterocycles. The fourth-order valence-corrected chi connectivity index (χ4v) is 5.30. The zero-order chi connectivity index (χ0) is 28.6. The normalized spacial score (nSPS) is 15.0. The third-order valence-corrected chi connectivity index (χ3v) is 7.59. The van der Waals surface area contributed by atoms with Crippen molar-refractivity contribution in [2.45, 2.75) is 32.2 Å². The Morgan fingerprint density at radius 1 is 1.12 bits per heavy atom. The van der Waals surface area contributed by atoms with Gasteiger partial charge in [-0.05, 0) is 48.6 Å². The Balaban J connectivity index is 1.37. The maximum Gasteiger partial charge on any atom is 0.272 e. The van der Waals surface area contributed by atoms with Crippen LogP contribution in [0.15, 0.2) is 66.4 Å². The molecule has 3 amide bonds. The minimum Gasteiger partial charge on any atom is -0.381 e. The van der Waals surface area contributed by atoms with Crippen LogP contribution in [0.1, 0.15) is 25.3 Å². The summed E-state index contributed by atoms with van der Waals surface area (Å²) in [6, 6.07) is 11.1. The van der Waals surface area contributed by atoms with Crippen LogP contribution in [0.2, 0.25) is 0 Å². The van der Waals surface area contributed by atoms with Gasteiger partial charge in [0.25, 0.3) is 17.4 Å². The fraction of sp³-hybridized carbons (Fsp3) is 0.300. The van der Waals surface area contributed by atoms with E-state index in [1.54, 1.807) is 35.9 Å². The van der Waals surface area contributed by atoms with Gasteiger partial charge in [-0.25, -0.2) is 4.98 Å². The number of likely N-dealkylation sites (N-methyl/N-ethyl adjacent to an activating group) is 1. The highest BCUT2D eigenvalue weighted by Crippen LogP contribution is 2.34. The van der Waals surface area contributed by atoms with Crippen molar-refractivity contribution in [1.82, 2.24) is 19.8 Å². The van der Waals surface area contributed by atoms with Gasteiger partial charge in [-0.1, -0.05) is 31.4 Å². The third kappa shape index (κ3) is 4.93. The number of aromatic nitrogens is 2. The molecule has 3 heterocycles. The predicted molar refractivity (Wildman–Crippen MR) is 152 cm³/mol. The number of fused-ring (bicyclic) bond motifs is 2. The van der Waals surface area contributed by atoms with Crippen LogP contribution in [0.4, 0.5) is 5.69 Å². The van der Waals surface area contributed by atoms with Gasteiger partial charge in [-0.3, -0.25) is 23.7 Å². The number of para-hydroxylation sites is 1. The molecule has 3 aromatic rings. The van der Waals surface area contributed by atoms with Crippen molar-refractivity contribution >= 4 is 40.0 Å². The smallest absolute Gasteiger partial charge is 0.272 e. The second kappa shape index (κ2) is 10.9. The van der Waals surface area contributed by atoms with Crippen LogP contribution < -0.4 is 15.8 Å². The molecule has 10 heteroatoms. The van der Waals surface area contributed by atoms with E-state index in [0.29, 0.717) is 43.5 Å². The molecule has 10 nitrogen and oxygen atoms in total. The molecule has 1 fully saturated rings. The summed E-state index contributed by atoms with van der Waals surface area (Å²) >= 11 is 0. The molecule has 0 bridgehead atoms. The first-order chi connectivity index (χ1) is 19.2. The average molecular weight is 542 g/mol. The zero-order valence-electron chi connectivity index (χ0n) is 22.6. The van der Waals surface area contributed by atoms with Gasteiger partial charge in [-0.2, -0.15) is 0 Å². The molecule has 5 rings (SSSR count). The van der Waals surface area contributed by atoms with E-state index in [4.69, 9.17) is 4.74 Å². The number of nitrogens with one attached hydrogen (secondary N) is 1. The summed E-state index contributed by atoms with van der Waals surface area (Å²) in [5.74, 6) is -1.14. The molecule has 0 saturated carbocycles. The predicted octanol–water partition coefficient (Wildman–Crippen LogP) is 2.71. The molecule has 1 N–H and O–H groups in total. The van der Waals surface area contributed by atoms with Gasteiger partial charge in [0.15, 0.2) is 0 Å². The standard InChI is InChI=1S/C30H31N5O5/c1-18(29(38)33(4)23-11-14-40-15-12-23)32-28(37)19(2)35-17-31-27-24(6-5-7-25(27)30(35)39)21-8-9-26-22(16-21)10-13-34(26)20(3)36/h5-9,16-17,23H,1-2,10-15H2,3-4H3,(H,32,37). The van der Waals surface area contributed by atoms with E-state index >= 15 is 0 Å². The van der Waals surface area contributed by atoms with Gasteiger partial charge in [0, 0.05) is 51.0 Å². The summed E-state index contributed by atoms with van der Waals surface area (Å²) in [4.78, 5) is 58.9. The Hall–Kier alpha value is -4.57. The van der Waals surface area contributed by atoms with Crippen molar-refractivity contribution in [3.05, 3.63) is 77.5 Å². The van der Waals surface area contributed by atoms with E-state index in [1.807, 2.05) is 24.3 Å². The van der Waals surface area contributed by atoms with E-state index in [1.165, 1.54) is 6.33 Å². The number of ether oxygens (including phenoxy) is 1. The van der Waals surface area contributed by atoms with E-state index in [9.17, 15) is 19.2 Å². The van der Waals surface area contributed by atoms with Crippen molar-refractivity contribution in [1.29, 1.82) is 0 Å². The van der Waals surface area contributed by atoms with E-state index < -0.39 is 17.4 Å². The maximum absolute atomic E-state index is 13.4. The Morgan fingerprint density at radius 3 is 2.60 bits per heavy atom. The van der Waals surface area contributed by atoms with Gasteiger partial charge in [0.1, 0.15) is 12.0 Å². The van der Waals surface area contributed by atoms with Crippen molar-refractivity contribution in [2.75, 3.05) is 31.7 Å². The van der Waals surface area contributed by atoms with Crippen molar-refractivity contribution in [3.8, 4) is 11.1 Å². The molecule has 0 unspecified atom stereocenters. The van der Waals surface area contributed by atoms with Crippen LogP contribution >= 0.6 is 0 Å². The van der Waals surface area contributed by atoms with E-state index in [2.05, 4.69) is 23.5 Å². The summed E-state index contributed by atoms with van der Waals surface area (Å²) in [5, 5.41) is 2.79. The summed E-state index contributed by atoms with van der Waals surface area (Å²) in [6.45, 7) is 10.8. The molecule has 2 aromatic carbocycles. The minimum atomic E-state index is -0.730.